The minimum atomic E-state index is -0.563. The Bertz CT molecular complexity index is 518. The van der Waals surface area contributed by atoms with Gasteiger partial charge in [-0.2, -0.15) is 0 Å². The van der Waals surface area contributed by atoms with Crippen molar-refractivity contribution >= 4 is 5.91 Å². The van der Waals surface area contributed by atoms with Crippen molar-refractivity contribution in [2.24, 2.45) is 0 Å². The van der Waals surface area contributed by atoms with Gasteiger partial charge in [0.25, 0.3) is 5.56 Å². The van der Waals surface area contributed by atoms with E-state index >= 15 is 0 Å². The molecule has 1 rings (SSSR count). The van der Waals surface area contributed by atoms with Gasteiger partial charge in [0.2, 0.25) is 5.91 Å². The number of likely N-dealkylation sites (N-methyl/N-ethyl adjacent to an activating group) is 1. The number of aromatic amines is 1. The fourth-order valence-corrected chi connectivity index (χ4v) is 1.68. The molecule has 0 fully saturated rings. The lowest BCUT2D eigenvalue weighted by Gasteiger charge is -2.24. The monoisotopic (exact) mass is 253 g/mol. The summed E-state index contributed by atoms with van der Waals surface area (Å²) in [5.41, 5.74) is -1.02. The normalized spacial score (nSPS) is 12.2. The molecule has 1 atom stereocenters. The summed E-state index contributed by atoms with van der Waals surface area (Å²) >= 11 is 0. The molecule has 0 spiro atoms. The van der Waals surface area contributed by atoms with Gasteiger partial charge < -0.3 is 4.90 Å². The zero-order chi connectivity index (χ0) is 13.7. The Kier molecular flexibility index (Phi) is 4.88. The smallest absolute Gasteiger partial charge is 0.328 e. The van der Waals surface area contributed by atoms with E-state index in [4.69, 9.17) is 0 Å². The molecule has 0 aliphatic rings. The largest absolute Gasteiger partial charge is 0.342 e. The van der Waals surface area contributed by atoms with Gasteiger partial charge in [0, 0.05) is 25.4 Å². The maximum atomic E-state index is 11.9. The van der Waals surface area contributed by atoms with Crippen LogP contribution in [0.25, 0.3) is 0 Å². The summed E-state index contributed by atoms with van der Waals surface area (Å²) in [7, 11) is 1.72. The van der Waals surface area contributed by atoms with Crippen LogP contribution >= 0.6 is 0 Å². The number of hydrogen-bond acceptors (Lipinski definition) is 3. The van der Waals surface area contributed by atoms with Crippen LogP contribution < -0.4 is 11.2 Å². The molecule has 0 aromatic carbocycles. The lowest BCUT2D eigenvalue weighted by molar-refractivity contribution is -0.132. The zero-order valence-corrected chi connectivity index (χ0v) is 11.0. The van der Waals surface area contributed by atoms with Gasteiger partial charge >= 0.3 is 5.69 Å². The van der Waals surface area contributed by atoms with E-state index in [0.717, 1.165) is 12.8 Å². The van der Waals surface area contributed by atoms with Crippen molar-refractivity contribution in [1.29, 1.82) is 0 Å². The van der Waals surface area contributed by atoms with Gasteiger partial charge in [-0.3, -0.25) is 19.1 Å². The van der Waals surface area contributed by atoms with Crippen LogP contribution in [0.3, 0.4) is 0 Å². The highest BCUT2D eigenvalue weighted by Crippen LogP contribution is 2.04. The van der Waals surface area contributed by atoms with Crippen molar-refractivity contribution in [2.45, 2.75) is 39.3 Å². The van der Waals surface area contributed by atoms with E-state index in [0.29, 0.717) is 0 Å². The number of rotatable bonds is 5. The highest BCUT2D eigenvalue weighted by molar-refractivity contribution is 5.75. The van der Waals surface area contributed by atoms with Crippen LogP contribution in [0.5, 0.6) is 0 Å². The molecule has 6 nitrogen and oxygen atoms in total. The van der Waals surface area contributed by atoms with Crippen molar-refractivity contribution in [1.82, 2.24) is 14.5 Å². The molecule has 100 valence electrons. The molecule has 0 saturated carbocycles. The molecule has 0 bridgehead atoms. The fourth-order valence-electron chi connectivity index (χ4n) is 1.68. The lowest BCUT2D eigenvalue weighted by atomic mass is 10.2. The molecule has 6 heteroatoms. The van der Waals surface area contributed by atoms with E-state index in [1.807, 2.05) is 6.92 Å². The topological polar surface area (TPSA) is 75.2 Å². The van der Waals surface area contributed by atoms with Crippen LogP contribution in [-0.2, 0) is 11.3 Å². The Morgan fingerprint density at radius 1 is 1.50 bits per heavy atom. The SMILES string of the molecule is CCC[C@@H](C)N(C)C(=O)Cn1ccc(=O)[nH]c1=O. The third-order valence-corrected chi connectivity index (χ3v) is 2.96. The number of carbonyl (C=O) groups excluding carboxylic acids is 1. The Balaban J connectivity index is 2.75. The van der Waals surface area contributed by atoms with Crippen LogP contribution in [0, 0.1) is 0 Å². The predicted molar refractivity (Wildman–Crippen MR) is 68.5 cm³/mol. The first-order chi connectivity index (χ1) is 8.45. The summed E-state index contributed by atoms with van der Waals surface area (Å²) in [5, 5.41) is 0. The number of nitrogens with one attached hydrogen (secondary N) is 1. The maximum Gasteiger partial charge on any atom is 0.328 e. The second kappa shape index (κ2) is 6.18. The molecule has 18 heavy (non-hydrogen) atoms. The molecule has 1 heterocycles. The molecule has 1 aromatic heterocycles. The van der Waals surface area contributed by atoms with Gasteiger partial charge in [-0.15, -0.1) is 0 Å². The third-order valence-electron chi connectivity index (χ3n) is 2.96. The maximum absolute atomic E-state index is 11.9. The van der Waals surface area contributed by atoms with Gasteiger partial charge in [0.05, 0.1) is 0 Å². The highest BCUT2D eigenvalue weighted by atomic mass is 16.2. The second-order valence-electron chi connectivity index (χ2n) is 4.38. The molecule has 0 saturated heterocycles. The molecular formula is C12H19N3O3. The predicted octanol–water partition coefficient (Wildman–Crippen LogP) is 0.184. The molecular weight excluding hydrogens is 234 g/mol. The van der Waals surface area contributed by atoms with Crippen LogP contribution in [0.2, 0.25) is 0 Å². The lowest BCUT2D eigenvalue weighted by Crippen LogP contribution is -2.40. The standard InChI is InChI=1S/C12H19N3O3/c1-4-5-9(2)14(3)11(17)8-15-7-6-10(16)13-12(15)18/h6-7,9H,4-5,8H2,1-3H3,(H,13,16,18)/t9-/m1/s1. The van der Waals surface area contributed by atoms with Gasteiger partial charge in [0.1, 0.15) is 6.54 Å². The first-order valence-electron chi connectivity index (χ1n) is 6.01. The molecule has 0 radical (unpaired) electrons. The van der Waals surface area contributed by atoms with Crippen molar-refractivity contribution in [3.63, 3.8) is 0 Å². The number of nitrogens with zero attached hydrogens (tertiary/aromatic N) is 2. The minimum absolute atomic E-state index is 0.0554. The molecule has 1 N–H and O–H groups in total. The van der Waals surface area contributed by atoms with Crippen LogP contribution in [0.15, 0.2) is 21.9 Å². The van der Waals surface area contributed by atoms with E-state index in [1.165, 1.54) is 16.8 Å². The quantitative estimate of drug-likeness (QED) is 0.813. The van der Waals surface area contributed by atoms with Crippen LogP contribution in [0.4, 0.5) is 0 Å². The number of aromatic nitrogens is 2. The minimum Gasteiger partial charge on any atom is -0.342 e. The van der Waals surface area contributed by atoms with Crippen LogP contribution in [-0.4, -0.2) is 33.4 Å². The number of carbonyl (C=O) groups is 1. The highest BCUT2D eigenvalue weighted by Gasteiger charge is 2.15. The van der Waals surface area contributed by atoms with E-state index in [1.54, 1.807) is 11.9 Å². The average molecular weight is 253 g/mol. The van der Waals surface area contributed by atoms with Crippen molar-refractivity contribution < 1.29 is 4.79 Å². The van der Waals surface area contributed by atoms with E-state index in [9.17, 15) is 14.4 Å². The van der Waals surface area contributed by atoms with Crippen molar-refractivity contribution in [3.8, 4) is 0 Å². The van der Waals surface area contributed by atoms with Crippen LogP contribution in [0.1, 0.15) is 26.7 Å². The molecule has 0 unspecified atom stereocenters. The molecule has 1 amide bonds. The summed E-state index contributed by atoms with van der Waals surface area (Å²) < 4.78 is 1.19. The van der Waals surface area contributed by atoms with E-state index < -0.39 is 11.2 Å². The summed E-state index contributed by atoms with van der Waals surface area (Å²) in [5.74, 6) is -0.148. The van der Waals surface area contributed by atoms with Gasteiger partial charge in [-0.25, -0.2) is 4.79 Å². The summed E-state index contributed by atoms with van der Waals surface area (Å²) in [6.45, 7) is 3.97. The van der Waals surface area contributed by atoms with E-state index in [2.05, 4.69) is 11.9 Å². The number of H-pyrrole nitrogens is 1. The summed E-state index contributed by atoms with van der Waals surface area (Å²) in [4.78, 5) is 38.0. The first-order valence-corrected chi connectivity index (χ1v) is 6.01. The molecule has 0 aliphatic heterocycles. The Morgan fingerprint density at radius 3 is 2.72 bits per heavy atom. The van der Waals surface area contributed by atoms with Crippen molar-refractivity contribution in [3.05, 3.63) is 33.1 Å². The first kappa shape index (κ1) is 14.2. The van der Waals surface area contributed by atoms with Crippen molar-refractivity contribution in [2.75, 3.05) is 7.05 Å². The Labute approximate surface area is 105 Å². The molecule has 1 aromatic rings. The Morgan fingerprint density at radius 2 is 2.17 bits per heavy atom. The Hall–Kier alpha value is -1.85. The van der Waals surface area contributed by atoms with Gasteiger partial charge in [-0.1, -0.05) is 13.3 Å². The number of hydrogen-bond donors (Lipinski definition) is 1. The second-order valence-corrected chi connectivity index (χ2v) is 4.38. The van der Waals surface area contributed by atoms with E-state index in [-0.39, 0.29) is 18.5 Å². The summed E-state index contributed by atoms with van der Waals surface area (Å²) in [6.07, 6.45) is 3.25. The zero-order valence-electron chi connectivity index (χ0n) is 11.0. The number of amides is 1. The van der Waals surface area contributed by atoms with Gasteiger partial charge in [0.15, 0.2) is 0 Å². The molecule has 0 aliphatic carbocycles. The average Bonchev–Trinajstić information content (AvgIpc) is 2.32. The third kappa shape index (κ3) is 3.58. The fraction of sp³-hybridized carbons (Fsp3) is 0.583. The summed E-state index contributed by atoms with van der Waals surface area (Å²) in [6, 6.07) is 1.37. The van der Waals surface area contributed by atoms with Gasteiger partial charge in [-0.05, 0) is 13.3 Å².